The van der Waals surface area contributed by atoms with E-state index in [-0.39, 0.29) is 17.6 Å². The lowest BCUT2D eigenvalue weighted by molar-refractivity contribution is -0.129. The molecule has 0 spiro atoms. The number of nitrogens with two attached hydrogens (primary N) is 1. The standard InChI is InChI=1S/C21H23F2N3O2/c1-3-4-6-14-7-5-8-16(13-14)21(18(27)26(2)20(24)25-21)15-9-11-17(12-10-15)28-19(22)23/h5,7-13,19H,3-4,6H2,1-2H3,(H2,24,25)/t21-/m0/s1. The van der Waals surface area contributed by atoms with E-state index in [0.29, 0.717) is 11.1 Å². The molecule has 28 heavy (non-hydrogen) atoms. The van der Waals surface area contributed by atoms with E-state index < -0.39 is 12.2 Å². The van der Waals surface area contributed by atoms with Gasteiger partial charge in [-0.05, 0) is 41.7 Å². The van der Waals surface area contributed by atoms with Gasteiger partial charge in [0, 0.05) is 7.05 Å². The number of unbranched alkanes of at least 4 members (excludes halogenated alkanes) is 1. The molecule has 1 aliphatic rings. The van der Waals surface area contributed by atoms with Crippen molar-refractivity contribution in [3.63, 3.8) is 0 Å². The lowest BCUT2D eigenvalue weighted by Crippen LogP contribution is -2.41. The first-order chi connectivity index (χ1) is 13.4. The highest BCUT2D eigenvalue weighted by molar-refractivity contribution is 6.08. The Hall–Kier alpha value is -2.96. The molecule has 2 aromatic rings. The number of likely N-dealkylation sites (N-methyl/N-ethyl adjacent to an activating group) is 1. The van der Waals surface area contributed by atoms with Gasteiger partial charge >= 0.3 is 6.61 Å². The molecule has 0 fully saturated rings. The van der Waals surface area contributed by atoms with Crippen LogP contribution in [-0.4, -0.2) is 30.4 Å². The van der Waals surface area contributed by atoms with Crippen molar-refractivity contribution in [1.82, 2.24) is 4.90 Å². The van der Waals surface area contributed by atoms with Crippen molar-refractivity contribution in [2.24, 2.45) is 10.7 Å². The molecule has 1 atom stereocenters. The maximum Gasteiger partial charge on any atom is 0.387 e. The van der Waals surface area contributed by atoms with Crippen LogP contribution in [0, 0.1) is 0 Å². The summed E-state index contributed by atoms with van der Waals surface area (Å²) in [7, 11) is 1.57. The third-order valence-electron chi connectivity index (χ3n) is 4.90. The number of carbonyl (C=O) groups excluding carboxylic acids is 1. The molecule has 1 heterocycles. The maximum atomic E-state index is 13.2. The maximum absolute atomic E-state index is 13.2. The van der Waals surface area contributed by atoms with Gasteiger partial charge in [-0.1, -0.05) is 49.7 Å². The molecule has 0 bridgehead atoms. The SMILES string of the molecule is CCCCc1cccc([C@]2(c3ccc(OC(F)F)cc3)N=C(N)N(C)C2=O)c1. The summed E-state index contributed by atoms with van der Waals surface area (Å²) in [5, 5.41) is 0. The van der Waals surface area contributed by atoms with Crippen LogP contribution in [-0.2, 0) is 16.8 Å². The number of halogens is 2. The molecule has 7 heteroatoms. The fourth-order valence-electron chi connectivity index (χ4n) is 3.39. The molecule has 0 aromatic heterocycles. The predicted molar refractivity (Wildman–Crippen MR) is 103 cm³/mol. The first-order valence-corrected chi connectivity index (χ1v) is 9.16. The Balaban J connectivity index is 2.09. The normalized spacial score (nSPS) is 19.2. The monoisotopic (exact) mass is 387 g/mol. The van der Waals surface area contributed by atoms with Gasteiger partial charge < -0.3 is 10.5 Å². The Kier molecular flexibility index (Phi) is 5.63. The quantitative estimate of drug-likeness (QED) is 0.788. The number of nitrogens with zero attached hydrogens (tertiary/aromatic N) is 2. The van der Waals surface area contributed by atoms with Crippen LogP contribution in [0.15, 0.2) is 53.5 Å². The second-order valence-electron chi connectivity index (χ2n) is 6.75. The van der Waals surface area contributed by atoms with Crippen LogP contribution in [0.3, 0.4) is 0 Å². The zero-order valence-electron chi connectivity index (χ0n) is 15.9. The Labute approximate surface area is 162 Å². The van der Waals surface area contributed by atoms with Gasteiger partial charge in [0.1, 0.15) is 5.75 Å². The molecule has 0 radical (unpaired) electrons. The van der Waals surface area contributed by atoms with Crippen molar-refractivity contribution < 1.29 is 18.3 Å². The third-order valence-corrected chi connectivity index (χ3v) is 4.90. The summed E-state index contributed by atoms with van der Waals surface area (Å²) in [5.41, 5.74) is 6.96. The second-order valence-corrected chi connectivity index (χ2v) is 6.75. The van der Waals surface area contributed by atoms with Crippen LogP contribution >= 0.6 is 0 Å². The van der Waals surface area contributed by atoms with E-state index in [0.717, 1.165) is 24.8 Å². The number of amides is 1. The molecule has 2 N–H and O–H groups in total. The van der Waals surface area contributed by atoms with E-state index in [1.165, 1.54) is 17.0 Å². The molecular weight excluding hydrogens is 364 g/mol. The minimum atomic E-state index is -2.91. The molecular formula is C21H23F2N3O2. The molecule has 0 saturated carbocycles. The molecule has 0 aliphatic carbocycles. The Morgan fingerprint density at radius 1 is 1.18 bits per heavy atom. The van der Waals surface area contributed by atoms with Crippen LogP contribution in [0.1, 0.15) is 36.5 Å². The summed E-state index contributed by atoms with van der Waals surface area (Å²) in [4.78, 5) is 19.0. The van der Waals surface area contributed by atoms with Gasteiger partial charge in [-0.2, -0.15) is 8.78 Å². The van der Waals surface area contributed by atoms with Crippen LogP contribution in [0.5, 0.6) is 5.75 Å². The molecule has 1 amide bonds. The van der Waals surface area contributed by atoms with Gasteiger partial charge in [-0.3, -0.25) is 9.69 Å². The summed E-state index contributed by atoms with van der Waals surface area (Å²) in [6.07, 6.45) is 2.99. The third kappa shape index (κ3) is 3.56. The van der Waals surface area contributed by atoms with Gasteiger partial charge in [0.25, 0.3) is 5.91 Å². The van der Waals surface area contributed by atoms with Crippen LogP contribution < -0.4 is 10.5 Å². The van der Waals surface area contributed by atoms with Crippen LogP contribution in [0.2, 0.25) is 0 Å². The second kappa shape index (κ2) is 7.96. The number of rotatable bonds is 7. The van der Waals surface area contributed by atoms with Crippen molar-refractivity contribution in [1.29, 1.82) is 0 Å². The Bertz CT molecular complexity index is 883. The molecule has 1 aliphatic heterocycles. The molecule has 5 nitrogen and oxygen atoms in total. The number of aliphatic imine (C=N–C) groups is 1. The van der Waals surface area contributed by atoms with Crippen molar-refractivity contribution in [2.45, 2.75) is 38.3 Å². The van der Waals surface area contributed by atoms with Gasteiger partial charge in [-0.25, -0.2) is 4.99 Å². The number of carbonyl (C=O) groups is 1. The van der Waals surface area contributed by atoms with E-state index in [1.54, 1.807) is 19.2 Å². The lowest BCUT2D eigenvalue weighted by Gasteiger charge is -2.26. The number of ether oxygens (including phenoxy) is 1. The van der Waals surface area contributed by atoms with Gasteiger partial charge in [0.2, 0.25) is 0 Å². The van der Waals surface area contributed by atoms with E-state index in [1.807, 2.05) is 24.3 Å². The predicted octanol–water partition coefficient (Wildman–Crippen LogP) is 3.66. The average Bonchev–Trinajstić information content (AvgIpc) is 2.92. The van der Waals surface area contributed by atoms with E-state index in [4.69, 9.17) is 5.73 Å². The number of guanidine groups is 1. The van der Waals surface area contributed by atoms with Gasteiger partial charge in [0.05, 0.1) is 0 Å². The number of alkyl halides is 2. The highest BCUT2D eigenvalue weighted by atomic mass is 19.3. The minimum absolute atomic E-state index is 0.0151. The molecule has 0 saturated heterocycles. The Morgan fingerprint density at radius 2 is 1.89 bits per heavy atom. The fraction of sp³-hybridized carbons (Fsp3) is 0.333. The average molecular weight is 387 g/mol. The molecule has 0 unspecified atom stereocenters. The Morgan fingerprint density at radius 3 is 2.46 bits per heavy atom. The summed E-state index contributed by atoms with van der Waals surface area (Å²) in [6.45, 7) is -0.794. The van der Waals surface area contributed by atoms with Gasteiger partial charge in [0.15, 0.2) is 11.5 Å². The number of aryl methyl sites for hydroxylation is 1. The van der Waals surface area contributed by atoms with E-state index in [2.05, 4.69) is 16.7 Å². The lowest BCUT2D eigenvalue weighted by atomic mass is 9.82. The highest BCUT2D eigenvalue weighted by Gasteiger charge is 2.49. The molecule has 2 aromatic carbocycles. The minimum Gasteiger partial charge on any atom is -0.435 e. The van der Waals surface area contributed by atoms with Crippen molar-refractivity contribution in [2.75, 3.05) is 7.05 Å². The summed E-state index contributed by atoms with van der Waals surface area (Å²) < 4.78 is 29.3. The number of hydrogen-bond acceptors (Lipinski definition) is 4. The zero-order chi connectivity index (χ0) is 20.3. The highest BCUT2D eigenvalue weighted by Crippen LogP contribution is 2.40. The number of benzene rings is 2. The number of hydrogen-bond donors (Lipinski definition) is 1. The largest absolute Gasteiger partial charge is 0.435 e. The fourth-order valence-corrected chi connectivity index (χ4v) is 3.39. The summed E-state index contributed by atoms with van der Waals surface area (Å²) >= 11 is 0. The zero-order valence-corrected chi connectivity index (χ0v) is 15.9. The first kappa shape index (κ1) is 19.8. The van der Waals surface area contributed by atoms with E-state index >= 15 is 0 Å². The topological polar surface area (TPSA) is 67.9 Å². The summed E-state index contributed by atoms with van der Waals surface area (Å²) in [6, 6.07) is 13.7. The van der Waals surface area contributed by atoms with Crippen molar-refractivity contribution in [3.05, 3.63) is 65.2 Å². The van der Waals surface area contributed by atoms with Crippen LogP contribution in [0.4, 0.5) is 8.78 Å². The first-order valence-electron chi connectivity index (χ1n) is 9.16. The van der Waals surface area contributed by atoms with Crippen molar-refractivity contribution >= 4 is 11.9 Å². The van der Waals surface area contributed by atoms with Crippen LogP contribution in [0.25, 0.3) is 0 Å². The van der Waals surface area contributed by atoms with E-state index in [9.17, 15) is 13.6 Å². The molecule has 3 rings (SSSR count). The molecule has 148 valence electrons. The van der Waals surface area contributed by atoms with Crippen molar-refractivity contribution in [3.8, 4) is 5.75 Å². The van der Waals surface area contributed by atoms with Gasteiger partial charge in [-0.15, -0.1) is 0 Å². The summed E-state index contributed by atoms with van der Waals surface area (Å²) in [5.74, 6) is -0.168. The smallest absolute Gasteiger partial charge is 0.387 e.